The number of hydrogen-bond donors (Lipinski definition) is 1. The van der Waals surface area contributed by atoms with Crippen LogP contribution in [0.4, 0.5) is 5.69 Å². The summed E-state index contributed by atoms with van der Waals surface area (Å²) in [6.45, 7) is 5.01. The zero-order chi connectivity index (χ0) is 14.5. The number of hydrogen-bond acceptors (Lipinski definition) is 2. The Morgan fingerprint density at radius 1 is 1.33 bits per heavy atom. The Bertz CT molecular complexity index is 456. The van der Waals surface area contributed by atoms with Crippen molar-refractivity contribution in [2.45, 2.75) is 26.3 Å². The van der Waals surface area contributed by atoms with Crippen LogP contribution >= 0.6 is 24.0 Å². The average Bonchev–Trinajstić information content (AvgIpc) is 2.45. The van der Waals surface area contributed by atoms with E-state index < -0.39 is 0 Å². The molecule has 1 aliphatic heterocycles. The number of aliphatic imine (C=N–C) groups is 1. The molecular weight excluding hydrogens is 375 g/mol. The van der Waals surface area contributed by atoms with Gasteiger partial charge < -0.3 is 15.5 Å². The quantitative estimate of drug-likeness (QED) is 0.481. The molecule has 0 amide bonds. The van der Waals surface area contributed by atoms with E-state index in [-0.39, 0.29) is 24.0 Å². The van der Waals surface area contributed by atoms with E-state index in [9.17, 15) is 0 Å². The van der Waals surface area contributed by atoms with Gasteiger partial charge in [0, 0.05) is 32.9 Å². The van der Waals surface area contributed by atoms with Gasteiger partial charge in [-0.3, -0.25) is 0 Å². The Kier molecular flexibility index (Phi) is 7.28. The van der Waals surface area contributed by atoms with Gasteiger partial charge in [-0.05, 0) is 36.5 Å². The molecule has 2 rings (SSSR count). The number of nitrogens with two attached hydrogens (primary N) is 1. The molecule has 0 aliphatic carbocycles. The Morgan fingerprint density at radius 2 is 2.00 bits per heavy atom. The summed E-state index contributed by atoms with van der Waals surface area (Å²) in [6, 6.07) is 8.46. The van der Waals surface area contributed by atoms with Crippen molar-refractivity contribution < 1.29 is 0 Å². The van der Waals surface area contributed by atoms with E-state index >= 15 is 0 Å². The second-order valence-corrected chi connectivity index (χ2v) is 5.93. The van der Waals surface area contributed by atoms with Crippen LogP contribution in [0.15, 0.2) is 29.3 Å². The van der Waals surface area contributed by atoms with Crippen LogP contribution in [0, 0.1) is 5.92 Å². The summed E-state index contributed by atoms with van der Waals surface area (Å²) in [5.41, 5.74) is 8.51. The van der Waals surface area contributed by atoms with E-state index in [0.29, 0.717) is 12.5 Å². The van der Waals surface area contributed by atoms with E-state index in [0.717, 1.165) is 19.0 Å². The van der Waals surface area contributed by atoms with Crippen LogP contribution in [0.1, 0.15) is 25.3 Å². The van der Waals surface area contributed by atoms with E-state index in [4.69, 9.17) is 5.73 Å². The fourth-order valence-corrected chi connectivity index (χ4v) is 2.57. The van der Waals surface area contributed by atoms with Crippen LogP contribution in [0.2, 0.25) is 0 Å². The number of likely N-dealkylation sites (tertiary alicyclic amines) is 1. The van der Waals surface area contributed by atoms with E-state index in [1.54, 1.807) is 0 Å². The SMILES string of the molecule is CC1CCCN(C(N)=NCc2ccc(N(C)C)cc2)C1.I. The van der Waals surface area contributed by atoms with Crippen molar-refractivity contribution in [3.05, 3.63) is 29.8 Å². The molecule has 2 N–H and O–H groups in total. The molecule has 0 aromatic heterocycles. The number of nitrogens with zero attached hydrogens (tertiary/aromatic N) is 3. The molecule has 1 saturated heterocycles. The molecule has 0 bridgehead atoms. The predicted molar refractivity (Wildman–Crippen MR) is 101 cm³/mol. The van der Waals surface area contributed by atoms with Crippen molar-refractivity contribution in [2.75, 3.05) is 32.1 Å². The van der Waals surface area contributed by atoms with Crippen LogP contribution in [-0.4, -0.2) is 38.0 Å². The first-order valence-corrected chi connectivity index (χ1v) is 7.37. The fourth-order valence-electron chi connectivity index (χ4n) is 2.57. The molecule has 1 heterocycles. The van der Waals surface area contributed by atoms with E-state index in [1.807, 2.05) is 14.1 Å². The van der Waals surface area contributed by atoms with Crippen molar-refractivity contribution in [1.82, 2.24) is 4.90 Å². The maximum atomic E-state index is 6.10. The summed E-state index contributed by atoms with van der Waals surface area (Å²) in [7, 11) is 4.09. The summed E-state index contributed by atoms with van der Waals surface area (Å²) >= 11 is 0. The average molecular weight is 402 g/mol. The van der Waals surface area contributed by atoms with Crippen LogP contribution in [0.3, 0.4) is 0 Å². The van der Waals surface area contributed by atoms with Gasteiger partial charge in [0.15, 0.2) is 5.96 Å². The predicted octanol–water partition coefficient (Wildman–Crippen LogP) is 2.92. The summed E-state index contributed by atoms with van der Waals surface area (Å²) < 4.78 is 0. The third-order valence-electron chi connectivity index (χ3n) is 3.86. The minimum Gasteiger partial charge on any atom is -0.378 e. The van der Waals surface area contributed by atoms with E-state index in [1.165, 1.54) is 24.1 Å². The normalized spacial score (nSPS) is 19.1. The first-order chi connectivity index (χ1) is 9.56. The van der Waals surface area contributed by atoms with Gasteiger partial charge in [0.2, 0.25) is 0 Å². The molecule has 0 spiro atoms. The van der Waals surface area contributed by atoms with Gasteiger partial charge in [0.1, 0.15) is 0 Å². The molecule has 1 aliphatic rings. The zero-order valence-corrected chi connectivity index (χ0v) is 15.6. The molecule has 1 fully saturated rings. The first-order valence-electron chi connectivity index (χ1n) is 7.37. The molecule has 1 aromatic rings. The second-order valence-electron chi connectivity index (χ2n) is 5.93. The minimum atomic E-state index is 0. The number of anilines is 1. The van der Waals surface area contributed by atoms with Crippen molar-refractivity contribution in [1.29, 1.82) is 0 Å². The summed E-state index contributed by atoms with van der Waals surface area (Å²) in [6.07, 6.45) is 2.52. The highest BCUT2D eigenvalue weighted by molar-refractivity contribution is 14.0. The van der Waals surface area contributed by atoms with Gasteiger partial charge in [-0.2, -0.15) is 0 Å². The van der Waals surface area contributed by atoms with Gasteiger partial charge in [0.25, 0.3) is 0 Å². The monoisotopic (exact) mass is 402 g/mol. The van der Waals surface area contributed by atoms with E-state index in [2.05, 4.69) is 46.0 Å². The zero-order valence-electron chi connectivity index (χ0n) is 13.2. The Hall–Kier alpha value is -0.980. The van der Waals surface area contributed by atoms with Gasteiger partial charge in [-0.1, -0.05) is 19.1 Å². The lowest BCUT2D eigenvalue weighted by Gasteiger charge is -2.31. The third-order valence-corrected chi connectivity index (χ3v) is 3.86. The summed E-state index contributed by atoms with van der Waals surface area (Å²) in [5, 5.41) is 0. The van der Waals surface area contributed by atoms with Crippen molar-refractivity contribution >= 4 is 35.6 Å². The van der Waals surface area contributed by atoms with Gasteiger partial charge in [0.05, 0.1) is 6.54 Å². The number of piperidine rings is 1. The third kappa shape index (κ3) is 5.37. The highest BCUT2D eigenvalue weighted by Gasteiger charge is 2.17. The molecule has 4 nitrogen and oxygen atoms in total. The molecule has 1 aromatic carbocycles. The molecule has 1 unspecified atom stereocenters. The number of rotatable bonds is 3. The maximum Gasteiger partial charge on any atom is 0.191 e. The van der Waals surface area contributed by atoms with Crippen LogP contribution in [0.25, 0.3) is 0 Å². The number of halogens is 1. The highest BCUT2D eigenvalue weighted by Crippen LogP contribution is 2.16. The van der Waals surface area contributed by atoms with Crippen LogP contribution in [0.5, 0.6) is 0 Å². The van der Waals surface area contributed by atoms with Gasteiger partial charge >= 0.3 is 0 Å². The number of guanidine groups is 1. The first kappa shape index (κ1) is 18.1. The fraction of sp³-hybridized carbons (Fsp3) is 0.562. The standard InChI is InChI=1S/C16H26N4.HI/c1-13-5-4-10-20(12-13)16(17)18-11-14-6-8-15(9-7-14)19(2)3;/h6-9,13H,4-5,10-12H2,1-3H3,(H2,17,18);1H. The maximum absolute atomic E-state index is 6.10. The molecule has 118 valence electrons. The van der Waals surface area contributed by atoms with Crippen molar-refractivity contribution in [2.24, 2.45) is 16.6 Å². The minimum absolute atomic E-state index is 0. The molecular formula is C16H27IN4. The smallest absolute Gasteiger partial charge is 0.191 e. The van der Waals surface area contributed by atoms with Crippen molar-refractivity contribution in [3.8, 4) is 0 Å². The molecule has 1 atom stereocenters. The lowest BCUT2D eigenvalue weighted by Crippen LogP contribution is -2.43. The summed E-state index contributed by atoms with van der Waals surface area (Å²) in [4.78, 5) is 8.84. The lowest BCUT2D eigenvalue weighted by atomic mass is 10.0. The van der Waals surface area contributed by atoms with Crippen molar-refractivity contribution in [3.63, 3.8) is 0 Å². The van der Waals surface area contributed by atoms with Gasteiger partial charge in [-0.15, -0.1) is 24.0 Å². The Labute approximate surface area is 145 Å². The largest absolute Gasteiger partial charge is 0.378 e. The molecule has 21 heavy (non-hydrogen) atoms. The lowest BCUT2D eigenvalue weighted by molar-refractivity contribution is 0.270. The topological polar surface area (TPSA) is 44.9 Å². The van der Waals surface area contributed by atoms with Crippen LogP contribution < -0.4 is 10.6 Å². The van der Waals surface area contributed by atoms with Crippen LogP contribution in [-0.2, 0) is 6.54 Å². The highest BCUT2D eigenvalue weighted by atomic mass is 127. The second kappa shape index (κ2) is 8.46. The van der Waals surface area contributed by atoms with Gasteiger partial charge in [-0.25, -0.2) is 4.99 Å². The molecule has 5 heteroatoms. The molecule has 0 radical (unpaired) electrons. The molecule has 0 saturated carbocycles. The Balaban J connectivity index is 0.00000220. The Morgan fingerprint density at radius 3 is 2.57 bits per heavy atom. The summed E-state index contributed by atoms with van der Waals surface area (Å²) in [5.74, 6) is 1.41. The number of benzene rings is 1.